The van der Waals surface area contributed by atoms with Gasteiger partial charge in [0.25, 0.3) is 5.91 Å². The lowest BCUT2D eigenvalue weighted by molar-refractivity contribution is -0.125. The van der Waals surface area contributed by atoms with Crippen LogP contribution in [0.15, 0.2) is 28.7 Å². The normalized spacial score (nSPS) is 10.1. The van der Waals surface area contributed by atoms with E-state index < -0.39 is 5.91 Å². The van der Waals surface area contributed by atoms with Gasteiger partial charge in [0.15, 0.2) is 0 Å². The summed E-state index contributed by atoms with van der Waals surface area (Å²) in [6.07, 6.45) is 0. The van der Waals surface area contributed by atoms with Crippen LogP contribution in [0.4, 0.5) is 0 Å². The van der Waals surface area contributed by atoms with Crippen LogP contribution in [0.3, 0.4) is 0 Å². The molecular weight excluding hydrogens is 338 g/mol. The smallest absolute Gasteiger partial charge is 0.251 e. The first kappa shape index (κ1) is 17.2. The Balaban J connectivity index is 2.33. The molecule has 0 spiro atoms. The van der Waals surface area contributed by atoms with E-state index >= 15 is 0 Å². The minimum absolute atomic E-state index is 0.0191. The molecule has 0 unspecified atom stereocenters. The molecule has 21 heavy (non-hydrogen) atoms. The Hall–Kier alpha value is -1.89. The molecule has 3 N–H and O–H groups in total. The maximum Gasteiger partial charge on any atom is 0.251 e. The number of rotatable bonds is 6. The summed E-state index contributed by atoms with van der Waals surface area (Å²) in [5.41, 5.74) is 0.453. The fraction of sp³-hybridized carbons (Fsp3) is 0.357. The van der Waals surface area contributed by atoms with Gasteiger partial charge in [-0.25, -0.2) is 0 Å². The van der Waals surface area contributed by atoms with Crippen LogP contribution in [0.25, 0.3) is 0 Å². The molecule has 0 aliphatic carbocycles. The number of halogens is 1. The monoisotopic (exact) mass is 355 g/mol. The van der Waals surface area contributed by atoms with Gasteiger partial charge in [-0.15, -0.1) is 0 Å². The summed E-state index contributed by atoms with van der Waals surface area (Å²) in [5, 5.41) is 7.57. The fourth-order valence-corrected chi connectivity index (χ4v) is 1.91. The predicted octanol–water partition coefficient (Wildman–Crippen LogP) is 0.820. The largest absolute Gasteiger partial charge is 0.352 e. The number of amides is 3. The van der Waals surface area contributed by atoms with Gasteiger partial charge < -0.3 is 16.0 Å². The Bertz CT molecular complexity index is 532. The third-order valence-corrected chi connectivity index (χ3v) is 2.89. The second kappa shape index (κ2) is 8.41. The van der Waals surface area contributed by atoms with E-state index in [1.165, 1.54) is 0 Å². The van der Waals surface area contributed by atoms with Crippen molar-refractivity contribution in [3.63, 3.8) is 0 Å². The van der Waals surface area contributed by atoms with Crippen molar-refractivity contribution in [3.8, 4) is 0 Å². The van der Waals surface area contributed by atoms with Crippen molar-refractivity contribution < 1.29 is 14.4 Å². The van der Waals surface area contributed by atoms with Crippen LogP contribution in [0, 0.1) is 0 Å². The highest BCUT2D eigenvalue weighted by molar-refractivity contribution is 9.10. The van der Waals surface area contributed by atoms with E-state index in [4.69, 9.17) is 0 Å². The summed E-state index contributed by atoms with van der Waals surface area (Å²) in [6.45, 7) is 3.37. The van der Waals surface area contributed by atoms with E-state index in [0.29, 0.717) is 5.56 Å². The molecule has 114 valence electrons. The first-order valence-electron chi connectivity index (χ1n) is 6.48. The average Bonchev–Trinajstić information content (AvgIpc) is 2.41. The SMILES string of the molecule is CC(C)NC(=O)CNC(=O)CNC(=O)c1cccc(Br)c1. The number of hydrogen-bond donors (Lipinski definition) is 3. The summed E-state index contributed by atoms with van der Waals surface area (Å²) < 4.78 is 0.782. The third kappa shape index (κ3) is 6.89. The van der Waals surface area contributed by atoms with Crippen molar-refractivity contribution in [2.45, 2.75) is 19.9 Å². The van der Waals surface area contributed by atoms with Crippen LogP contribution in [-0.4, -0.2) is 36.9 Å². The standard InChI is InChI=1S/C14H18BrN3O3/c1-9(2)18-13(20)8-16-12(19)7-17-14(21)10-4-3-5-11(15)6-10/h3-6,9H,7-8H2,1-2H3,(H,16,19)(H,17,21)(H,18,20). The van der Waals surface area contributed by atoms with E-state index in [1.54, 1.807) is 24.3 Å². The summed E-state index contributed by atoms with van der Waals surface area (Å²) in [7, 11) is 0. The third-order valence-electron chi connectivity index (χ3n) is 2.39. The molecule has 0 saturated carbocycles. The number of benzene rings is 1. The van der Waals surface area contributed by atoms with Crippen LogP contribution >= 0.6 is 15.9 Å². The van der Waals surface area contributed by atoms with E-state index in [1.807, 2.05) is 13.8 Å². The van der Waals surface area contributed by atoms with Gasteiger partial charge in [-0.1, -0.05) is 22.0 Å². The van der Waals surface area contributed by atoms with Crippen LogP contribution < -0.4 is 16.0 Å². The Morgan fingerprint density at radius 1 is 1.10 bits per heavy atom. The van der Waals surface area contributed by atoms with E-state index in [9.17, 15) is 14.4 Å². The number of carbonyl (C=O) groups excluding carboxylic acids is 3. The molecular formula is C14H18BrN3O3. The topological polar surface area (TPSA) is 87.3 Å². The minimum Gasteiger partial charge on any atom is -0.352 e. The number of carbonyl (C=O) groups is 3. The van der Waals surface area contributed by atoms with Crippen molar-refractivity contribution in [3.05, 3.63) is 34.3 Å². The number of nitrogens with one attached hydrogen (secondary N) is 3. The zero-order chi connectivity index (χ0) is 15.8. The molecule has 6 nitrogen and oxygen atoms in total. The van der Waals surface area contributed by atoms with Gasteiger partial charge in [-0.05, 0) is 32.0 Å². The van der Waals surface area contributed by atoms with E-state index in [2.05, 4.69) is 31.9 Å². The Labute approximate surface area is 131 Å². The zero-order valence-electron chi connectivity index (χ0n) is 11.9. The molecule has 0 aliphatic heterocycles. The van der Waals surface area contributed by atoms with Crippen LogP contribution in [0.5, 0.6) is 0 Å². The second-order valence-electron chi connectivity index (χ2n) is 4.69. The lowest BCUT2D eigenvalue weighted by Crippen LogP contribution is -2.43. The molecule has 0 bridgehead atoms. The van der Waals surface area contributed by atoms with Crippen molar-refractivity contribution in [1.82, 2.24) is 16.0 Å². The van der Waals surface area contributed by atoms with Crippen LogP contribution in [0.2, 0.25) is 0 Å². The highest BCUT2D eigenvalue weighted by Crippen LogP contribution is 2.11. The van der Waals surface area contributed by atoms with Gasteiger partial charge >= 0.3 is 0 Å². The lowest BCUT2D eigenvalue weighted by Gasteiger charge is -2.09. The minimum atomic E-state index is -0.419. The maximum absolute atomic E-state index is 11.8. The van der Waals surface area contributed by atoms with Gasteiger partial charge in [-0.3, -0.25) is 14.4 Å². The van der Waals surface area contributed by atoms with Crippen molar-refractivity contribution >= 4 is 33.7 Å². The molecule has 0 saturated heterocycles. The quantitative estimate of drug-likeness (QED) is 0.705. The first-order valence-corrected chi connectivity index (χ1v) is 7.27. The zero-order valence-corrected chi connectivity index (χ0v) is 13.5. The van der Waals surface area contributed by atoms with E-state index in [-0.39, 0.29) is 30.9 Å². The molecule has 3 amide bonds. The summed E-state index contributed by atoms with van der Waals surface area (Å²) in [6, 6.07) is 6.86. The Morgan fingerprint density at radius 2 is 1.76 bits per heavy atom. The van der Waals surface area contributed by atoms with Gasteiger partial charge in [0.1, 0.15) is 0 Å². The van der Waals surface area contributed by atoms with Crippen LogP contribution in [0.1, 0.15) is 24.2 Å². The highest BCUT2D eigenvalue weighted by Gasteiger charge is 2.09. The molecule has 1 aromatic rings. The molecule has 1 aromatic carbocycles. The number of hydrogen-bond acceptors (Lipinski definition) is 3. The summed E-state index contributed by atoms with van der Waals surface area (Å²) in [4.78, 5) is 34.7. The van der Waals surface area contributed by atoms with Crippen molar-refractivity contribution in [2.24, 2.45) is 0 Å². The molecule has 0 aromatic heterocycles. The van der Waals surface area contributed by atoms with Crippen molar-refractivity contribution in [2.75, 3.05) is 13.1 Å². The van der Waals surface area contributed by atoms with Gasteiger partial charge in [0.05, 0.1) is 13.1 Å². The second-order valence-corrected chi connectivity index (χ2v) is 5.61. The average molecular weight is 356 g/mol. The molecule has 0 aliphatic rings. The fourth-order valence-electron chi connectivity index (χ4n) is 1.51. The Morgan fingerprint density at radius 3 is 2.38 bits per heavy atom. The molecule has 1 rings (SSSR count). The lowest BCUT2D eigenvalue weighted by atomic mass is 10.2. The molecule has 0 radical (unpaired) electrons. The Kier molecular flexibility index (Phi) is 6.87. The predicted molar refractivity (Wildman–Crippen MR) is 82.8 cm³/mol. The van der Waals surface area contributed by atoms with Gasteiger partial charge in [-0.2, -0.15) is 0 Å². The molecule has 7 heteroatoms. The highest BCUT2D eigenvalue weighted by atomic mass is 79.9. The van der Waals surface area contributed by atoms with E-state index in [0.717, 1.165) is 4.47 Å². The molecule has 0 atom stereocenters. The summed E-state index contributed by atoms with van der Waals surface area (Å²) >= 11 is 3.27. The summed E-state index contributed by atoms with van der Waals surface area (Å²) in [5.74, 6) is -1.04. The van der Waals surface area contributed by atoms with Crippen molar-refractivity contribution in [1.29, 1.82) is 0 Å². The first-order chi connectivity index (χ1) is 9.88. The van der Waals surface area contributed by atoms with Gasteiger partial charge in [0, 0.05) is 16.1 Å². The maximum atomic E-state index is 11.8. The molecule has 0 heterocycles. The molecule has 0 fully saturated rings. The van der Waals surface area contributed by atoms with Crippen LogP contribution in [-0.2, 0) is 9.59 Å². The van der Waals surface area contributed by atoms with Gasteiger partial charge in [0.2, 0.25) is 11.8 Å².